The number of hydrogen-bond donors (Lipinski definition) is 1. The highest BCUT2D eigenvalue weighted by Crippen LogP contribution is 2.54. The molecule has 42 heavy (non-hydrogen) atoms. The Morgan fingerprint density at radius 1 is 0.929 bits per heavy atom. The van der Waals surface area contributed by atoms with Crippen molar-refractivity contribution in [1.82, 2.24) is 4.57 Å². The first kappa shape index (κ1) is 28.0. The molecule has 214 valence electrons. The number of benzene rings is 3. The Morgan fingerprint density at radius 3 is 2.33 bits per heavy atom. The van der Waals surface area contributed by atoms with Gasteiger partial charge in [-0.05, 0) is 42.8 Å². The summed E-state index contributed by atoms with van der Waals surface area (Å²) in [6.45, 7) is 1.60. The number of rotatable bonds is 5. The van der Waals surface area contributed by atoms with Crippen LogP contribution >= 0.6 is 23.1 Å². The van der Waals surface area contributed by atoms with Crippen molar-refractivity contribution in [2.24, 2.45) is 5.92 Å². The summed E-state index contributed by atoms with van der Waals surface area (Å²) in [4.78, 5) is 54.7. The van der Waals surface area contributed by atoms with Gasteiger partial charge in [-0.2, -0.15) is 13.2 Å². The highest BCUT2D eigenvalue weighted by atomic mass is 32.2. The van der Waals surface area contributed by atoms with E-state index in [-0.39, 0.29) is 12.2 Å². The van der Waals surface area contributed by atoms with Crippen molar-refractivity contribution in [3.8, 4) is 0 Å². The Morgan fingerprint density at radius 2 is 1.64 bits per heavy atom. The molecule has 3 amide bonds. The fourth-order valence-electron chi connectivity index (χ4n) is 5.33. The summed E-state index contributed by atoms with van der Waals surface area (Å²) >= 11 is 1.90. The zero-order chi connectivity index (χ0) is 29.8. The summed E-state index contributed by atoms with van der Waals surface area (Å²) in [6, 6.07) is 20.2. The molecule has 1 aromatic heterocycles. The molecule has 2 aliphatic rings. The number of thiazole rings is 1. The first-order chi connectivity index (χ1) is 20.0. The second-order valence-electron chi connectivity index (χ2n) is 10.1. The first-order valence-corrected chi connectivity index (χ1v) is 14.6. The summed E-state index contributed by atoms with van der Waals surface area (Å²) in [7, 11) is 0. The minimum absolute atomic E-state index is 0.167. The van der Waals surface area contributed by atoms with Crippen molar-refractivity contribution in [3.05, 3.63) is 110 Å². The number of imide groups is 1. The highest BCUT2D eigenvalue weighted by molar-refractivity contribution is 8.00. The number of nitrogens with zero attached hydrogens (tertiary/aromatic N) is 2. The van der Waals surface area contributed by atoms with Gasteiger partial charge in [-0.3, -0.25) is 23.7 Å². The number of thioether (sulfide) groups is 1. The summed E-state index contributed by atoms with van der Waals surface area (Å²) < 4.78 is 41.7. The molecule has 1 fully saturated rings. The molecule has 7 nitrogen and oxygen atoms in total. The molecular formula is C30H22F3N3O4S2. The predicted molar refractivity (Wildman–Crippen MR) is 154 cm³/mol. The van der Waals surface area contributed by atoms with Crippen LogP contribution in [0.25, 0.3) is 0 Å². The van der Waals surface area contributed by atoms with Gasteiger partial charge in [0.2, 0.25) is 17.7 Å². The van der Waals surface area contributed by atoms with Crippen LogP contribution in [0.2, 0.25) is 0 Å². The van der Waals surface area contributed by atoms with E-state index in [9.17, 15) is 32.3 Å². The summed E-state index contributed by atoms with van der Waals surface area (Å²) in [5.41, 5.74) is 1.11. The second kappa shape index (κ2) is 10.6. The topological polar surface area (TPSA) is 88.5 Å². The van der Waals surface area contributed by atoms with Gasteiger partial charge in [0, 0.05) is 16.5 Å². The van der Waals surface area contributed by atoms with Crippen molar-refractivity contribution < 1.29 is 27.6 Å². The van der Waals surface area contributed by atoms with Crippen LogP contribution in [-0.4, -0.2) is 27.5 Å². The second-order valence-corrected chi connectivity index (χ2v) is 12.2. The van der Waals surface area contributed by atoms with E-state index in [0.29, 0.717) is 21.2 Å². The van der Waals surface area contributed by atoms with Gasteiger partial charge in [0.15, 0.2) is 0 Å². The molecule has 3 heterocycles. The molecule has 1 N–H and O–H groups in total. The number of hydrogen-bond acceptors (Lipinski definition) is 6. The monoisotopic (exact) mass is 609 g/mol. The minimum Gasteiger partial charge on any atom is -0.325 e. The van der Waals surface area contributed by atoms with E-state index in [1.807, 2.05) is 19.1 Å². The fourth-order valence-corrected chi connectivity index (χ4v) is 8.10. The Hall–Kier alpha value is -4.16. The Balaban J connectivity index is 1.39. The molecule has 0 spiro atoms. The Labute approximate surface area is 246 Å². The number of anilines is 2. The maximum atomic E-state index is 13.9. The molecule has 2 aliphatic heterocycles. The zero-order valence-electron chi connectivity index (χ0n) is 21.9. The van der Waals surface area contributed by atoms with Gasteiger partial charge in [0.25, 0.3) is 0 Å². The summed E-state index contributed by atoms with van der Waals surface area (Å²) in [6.07, 6.45) is -4.66. The van der Waals surface area contributed by atoms with Crippen LogP contribution in [0, 0.1) is 12.8 Å². The predicted octanol–water partition coefficient (Wildman–Crippen LogP) is 5.67. The normalized spacial score (nSPS) is 19.9. The van der Waals surface area contributed by atoms with Gasteiger partial charge in [0.05, 0.1) is 22.2 Å². The van der Waals surface area contributed by atoms with E-state index in [4.69, 9.17) is 0 Å². The molecule has 4 aromatic rings. The number of carbonyl (C=O) groups is 3. The standard InChI is InChI=1S/C30H22F3N3O4S2/c1-16-10-12-19(13-11-16)34-21(37)15-35-28-25(42-29(35)40)22(17-6-3-2-4-7-17)23-24(41-28)27(39)36(26(23)38)20-9-5-8-18(14-20)30(31,32)33/h2-14,22-24H,15H2,1H3,(H,34,37)/t22-,23?,24?/m1/s1. The molecule has 0 aliphatic carbocycles. The average molecular weight is 610 g/mol. The van der Waals surface area contributed by atoms with E-state index in [1.165, 1.54) is 10.6 Å². The van der Waals surface area contributed by atoms with Crippen LogP contribution in [0.4, 0.5) is 24.5 Å². The van der Waals surface area contributed by atoms with Gasteiger partial charge < -0.3 is 5.32 Å². The number of aryl methyl sites for hydroxylation is 1. The molecule has 3 atom stereocenters. The molecule has 2 unspecified atom stereocenters. The Bertz CT molecular complexity index is 1770. The molecule has 0 saturated carbocycles. The fraction of sp³-hybridized carbons (Fsp3) is 0.200. The quantitative estimate of drug-likeness (QED) is 0.295. The number of alkyl halides is 3. The summed E-state index contributed by atoms with van der Waals surface area (Å²) in [5, 5.41) is 2.15. The van der Waals surface area contributed by atoms with Crippen molar-refractivity contribution in [3.63, 3.8) is 0 Å². The smallest absolute Gasteiger partial charge is 0.325 e. The zero-order valence-corrected chi connectivity index (χ0v) is 23.6. The van der Waals surface area contributed by atoms with Gasteiger partial charge in [-0.25, -0.2) is 4.90 Å². The molecule has 12 heteroatoms. The van der Waals surface area contributed by atoms with Crippen molar-refractivity contribution in [2.45, 2.75) is 35.8 Å². The lowest BCUT2D eigenvalue weighted by molar-refractivity contribution is -0.137. The average Bonchev–Trinajstić information content (AvgIpc) is 3.40. The number of halogens is 3. The van der Waals surface area contributed by atoms with E-state index >= 15 is 0 Å². The molecule has 6 rings (SSSR count). The van der Waals surface area contributed by atoms with Crippen LogP contribution in [0.1, 0.15) is 27.5 Å². The van der Waals surface area contributed by atoms with Crippen molar-refractivity contribution in [2.75, 3.05) is 10.2 Å². The lowest BCUT2D eigenvalue weighted by Gasteiger charge is -2.30. The summed E-state index contributed by atoms with van der Waals surface area (Å²) in [5.74, 6) is -3.42. The number of aromatic nitrogens is 1. The third-order valence-electron chi connectivity index (χ3n) is 7.28. The van der Waals surface area contributed by atoms with Crippen LogP contribution in [0.5, 0.6) is 0 Å². The number of amides is 3. The SMILES string of the molecule is Cc1ccc(NC(=O)Cn2c3c(sc2=O)[C@H](c2ccccc2)C2C(=O)N(c4cccc(C(F)(F)F)c4)C(=O)C2S3)cc1. The van der Waals surface area contributed by atoms with Gasteiger partial charge in [-0.1, -0.05) is 77.2 Å². The number of nitrogens with one attached hydrogen (secondary N) is 1. The molecule has 1 saturated heterocycles. The van der Waals surface area contributed by atoms with E-state index in [2.05, 4.69) is 5.32 Å². The van der Waals surface area contributed by atoms with E-state index in [0.717, 1.165) is 51.8 Å². The van der Waals surface area contributed by atoms with Crippen LogP contribution in [0.3, 0.4) is 0 Å². The van der Waals surface area contributed by atoms with Gasteiger partial charge in [-0.15, -0.1) is 0 Å². The minimum atomic E-state index is -4.66. The maximum Gasteiger partial charge on any atom is 0.416 e. The molecule has 3 aromatic carbocycles. The Kier molecular flexibility index (Phi) is 7.06. The molecule has 0 radical (unpaired) electrons. The molecular weight excluding hydrogens is 587 g/mol. The van der Waals surface area contributed by atoms with E-state index in [1.54, 1.807) is 42.5 Å². The van der Waals surface area contributed by atoms with Crippen molar-refractivity contribution in [1.29, 1.82) is 0 Å². The highest BCUT2D eigenvalue weighted by Gasteiger charge is 2.57. The lowest BCUT2D eigenvalue weighted by Crippen LogP contribution is -2.33. The third kappa shape index (κ3) is 4.94. The van der Waals surface area contributed by atoms with Crippen LogP contribution in [0.15, 0.2) is 88.7 Å². The van der Waals surface area contributed by atoms with Crippen molar-refractivity contribution >= 4 is 52.2 Å². The third-order valence-corrected chi connectivity index (χ3v) is 9.88. The number of carbonyl (C=O) groups excluding carboxylic acids is 3. The largest absolute Gasteiger partial charge is 0.416 e. The number of fused-ring (bicyclic) bond motifs is 2. The van der Waals surface area contributed by atoms with Gasteiger partial charge >= 0.3 is 11.0 Å². The van der Waals surface area contributed by atoms with E-state index < -0.39 is 51.4 Å². The van der Waals surface area contributed by atoms with Crippen LogP contribution in [-0.2, 0) is 27.1 Å². The molecule has 0 bridgehead atoms. The maximum absolute atomic E-state index is 13.9. The van der Waals surface area contributed by atoms with Crippen LogP contribution < -0.4 is 15.1 Å². The lowest BCUT2D eigenvalue weighted by atomic mass is 9.83. The first-order valence-electron chi connectivity index (χ1n) is 12.9. The van der Waals surface area contributed by atoms with Gasteiger partial charge in [0.1, 0.15) is 11.8 Å².